The number of hydrogen-bond acceptors (Lipinski definition) is 8. The van der Waals surface area contributed by atoms with E-state index in [9.17, 15) is 15.0 Å². The molecule has 0 bridgehead atoms. The molecule has 4 heterocycles. The number of aromatic nitrogens is 4. The van der Waals surface area contributed by atoms with Crippen molar-refractivity contribution in [1.29, 1.82) is 0 Å². The number of nitrogens with zero attached hydrogens (tertiary/aromatic N) is 6. The van der Waals surface area contributed by atoms with Gasteiger partial charge < -0.3 is 29.2 Å². The number of hydrogen-bond donors (Lipinski definition) is 3. The van der Waals surface area contributed by atoms with E-state index in [0.717, 1.165) is 61.9 Å². The van der Waals surface area contributed by atoms with E-state index >= 15 is 0 Å². The third-order valence-corrected chi connectivity index (χ3v) is 11.7. The summed E-state index contributed by atoms with van der Waals surface area (Å²) in [5, 5.41) is 30.0. The van der Waals surface area contributed by atoms with Gasteiger partial charge in [-0.1, -0.05) is 112 Å². The second-order valence-corrected chi connectivity index (χ2v) is 26.6. The van der Waals surface area contributed by atoms with E-state index in [1.54, 1.807) is 4.57 Å². The van der Waals surface area contributed by atoms with Crippen LogP contribution >= 0.6 is 0 Å². The van der Waals surface area contributed by atoms with Gasteiger partial charge in [-0.3, -0.25) is 9.98 Å². The predicted molar refractivity (Wildman–Crippen MR) is 249 cm³/mol. The zero-order valence-electron chi connectivity index (χ0n) is 35.8. The summed E-state index contributed by atoms with van der Waals surface area (Å²) < 4.78 is 9.10. The van der Waals surface area contributed by atoms with Crippen molar-refractivity contribution in [3.05, 3.63) is 166 Å². The molecule has 0 aliphatic carbocycles. The standard InChI is InChI=1S/C27H29N3O5Si.C22H21N3Si/c1-36(2,3)14-11-19-9-10-22-21(15-19)24(20-7-5-4-6-8-20)28-16-23-25(29-18-30(22)23)27(34,26(32)33)17-35-13-12-31;1-26(2,3)12-11-17-9-10-21-20(13-17)22(18-7-5-4-6-8-18)24-15-19-14-23-16-25(19)21/h4-10,15,18,31,34H,12-13,16-17H2,1-3H3,(H,32,33);4-10,13-14,16H,15H2,1-3H3. The molecule has 0 saturated heterocycles. The van der Waals surface area contributed by atoms with Crippen LogP contribution in [0.1, 0.15) is 50.5 Å². The molecule has 4 aromatic carbocycles. The summed E-state index contributed by atoms with van der Waals surface area (Å²) in [7, 11) is -3.00. The highest BCUT2D eigenvalue weighted by atomic mass is 28.3. The Bertz CT molecular complexity index is 2800. The molecular weight excluding hydrogens is 809 g/mol. The van der Waals surface area contributed by atoms with Crippen molar-refractivity contribution in [2.75, 3.05) is 19.8 Å². The third-order valence-electron chi connectivity index (χ3n) is 9.94. The molecule has 0 saturated carbocycles. The number of aliphatic carboxylic acids is 1. The Kier molecular flexibility index (Phi) is 12.8. The van der Waals surface area contributed by atoms with E-state index < -0.39 is 34.3 Å². The summed E-state index contributed by atoms with van der Waals surface area (Å²) in [6.45, 7) is 13.1. The SMILES string of the molecule is C[Si](C)(C)C#Cc1ccc2c(c1)C(c1ccccc1)=NCc1c(C(O)(COCCO)C(=O)O)ncn1-2.C[Si](C)(C)C#Cc1ccc2c(c1)C(c1ccccc1)=NCc1cncn1-2. The van der Waals surface area contributed by atoms with Crippen LogP contribution < -0.4 is 0 Å². The van der Waals surface area contributed by atoms with Crippen molar-refractivity contribution in [3.8, 4) is 34.3 Å². The highest BCUT2D eigenvalue weighted by molar-refractivity contribution is 6.84. The van der Waals surface area contributed by atoms with Crippen LogP contribution in [0.15, 0.2) is 126 Å². The lowest BCUT2D eigenvalue weighted by Crippen LogP contribution is -2.42. The molecule has 1 unspecified atom stereocenters. The summed E-state index contributed by atoms with van der Waals surface area (Å²) in [6, 6.07) is 32.4. The number of fused-ring (bicyclic) bond motifs is 6. The number of carboxylic acids is 1. The third kappa shape index (κ3) is 9.84. The van der Waals surface area contributed by atoms with Crippen molar-refractivity contribution >= 4 is 33.5 Å². The molecule has 6 aromatic rings. The van der Waals surface area contributed by atoms with Crippen LogP contribution in [0, 0.1) is 22.9 Å². The maximum absolute atomic E-state index is 12.1. The number of aliphatic imine (C=N–C) groups is 2. The van der Waals surface area contributed by atoms with Crippen LogP contribution in [0.3, 0.4) is 0 Å². The second kappa shape index (κ2) is 18.3. The van der Waals surface area contributed by atoms with Crippen molar-refractivity contribution in [2.45, 2.75) is 58.0 Å². The molecule has 3 N–H and O–H groups in total. The first-order valence-electron chi connectivity index (χ1n) is 20.4. The van der Waals surface area contributed by atoms with Crippen molar-refractivity contribution in [2.24, 2.45) is 9.98 Å². The van der Waals surface area contributed by atoms with Crippen LogP contribution in [0.5, 0.6) is 0 Å². The lowest BCUT2D eigenvalue weighted by atomic mass is 9.98. The van der Waals surface area contributed by atoms with Gasteiger partial charge in [-0.05, 0) is 36.4 Å². The van der Waals surface area contributed by atoms with Gasteiger partial charge in [0.15, 0.2) is 0 Å². The van der Waals surface area contributed by atoms with Crippen LogP contribution in [-0.4, -0.2) is 87.8 Å². The molecule has 0 spiro atoms. The molecule has 2 aliphatic heterocycles. The molecule has 0 amide bonds. The van der Waals surface area contributed by atoms with Gasteiger partial charge in [-0.25, -0.2) is 14.8 Å². The highest BCUT2D eigenvalue weighted by Gasteiger charge is 2.44. The first kappa shape index (κ1) is 43.6. The van der Waals surface area contributed by atoms with E-state index in [4.69, 9.17) is 19.8 Å². The van der Waals surface area contributed by atoms with Gasteiger partial charge >= 0.3 is 5.97 Å². The average Bonchev–Trinajstić information content (AvgIpc) is 3.83. The zero-order chi connectivity index (χ0) is 44.1. The van der Waals surface area contributed by atoms with Crippen LogP contribution in [0.4, 0.5) is 0 Å². The summed E-state index contributed by atoms with van der Waals surface area (Å²) in [6.07, 6.45) is 5.26. The maximum Gasteiger partial charge on any atom is 0.344 e. The largest absolute Gasteiger partial charge is 0.479 e. The monoisotopic (exact) mass is 858 g/mol. The molecular formula is C49H50N6O5Si2. The highest BCUT2D eigenvalue weighted by Crippen LogP contribution is 2.32. The number of imidazole rings is 2. The Labute approximate surface area is 364 Å². The Balaban J connectivity index is 0.000000196. The zero-order valence-corrected chi connectivity index (χ0v) is 37.8. The molecule has 0 radical (unpaired) electrons. The molecule has 314 valence electrons. The van der Waals surface area contributed by atoms with Gasteiger partial charge in [0.05, 0.1) is 85.9 Å². The lowest BCUT2D eigenvalue weighted by Gasteiger charge is -2.22. The van der Waals surface area contributed by atoms with Crippen LogP contribution in [0.25, 0.3) is 11.4 Å². The Morgan fingerprint density at radius 3 is 1.79 bits per heavy atom. The van der Waals surface area contributed by atoms with Gasteiger partial charge in [-0.2, -0.15) is 0 Å². The first-order chi connectivity index (χ1) is 29.6. The van der Waals surface area contributed by atoms with E-state index in [0.29, 0.717) is 12.2 Å². The van der Waals surface area contributed by atoms with Gasteiger partial charge in [0, 0.05) is 33.4 Å². The lowest BCUT2D eigenvalue weighted by molar-refractivity contribution is -0.168. The number of aliphatic hydroxyl groups excluding tert-OH is 1. The molecule has 13 heteroatoms. The second-order valence-electron chi connectivity index (χ2n) is 17.1. The van der Waals surface area contributed by atoms with E-state index in [1.165, 1.54) is 6.33 Å². The molecule has 0 fully saturated rings. The fraction of sp³-hybridized carbons (Fsp3) is 0.245. The number of carboxylic acid groups (broad SMARTS) is 1. The predicted octanol–water partition coefficient (Wildman–Crippen LogP) is 7.19. The molecule has 2 aliphatic rings. The van der Waals surface area contributed by atoms with Crippen LogP contribution in [-0.2, 0) is 28.2 Å². The minimum atomic E-state index is -2.40. The average molecular weight is 859 g/mol. The minimum absolute atomic E-state index is 0.0421. The van der Waals surface area contributed by atoms with Crippen LogP contribution in [0.2, 0.25) is 39.3 Å². The van der Waals surface area contributed by atoms with Crippen molar-refractivity contribution < 1.29 is 24.9 Å². The molecule has 2 aromatic heterocycles. The van der Waals surface area contributed by atoms with Gasteiger partial charge in [0.25, 0.3) is 0 Å². The minimum Gasteiger partial charge on any atom is -0.479 e. The molecule has 8 rings (SSSR count). The summed E-state index contributed by atoms with van der Waals surface area (Å²) in [4.78, 5) is 30.5. The summed E-state index contributed by atoms with van der Waals surface area (Å²) >= 11 is 0. The fourth-order valence-electron chi connectivity index (χ4n) is 6.97. The van der Waals surface area contributed by atoms with Gasteiger partial charge in [-0.15, -0.1) is 11.1 Å². The summed E-state index contributed by atoms with van der Waals surface area (Å²) in [5.74, 6) is 5.19. The first-order valence-corrected chi connectivity index (χ1v) is 27.4. The van der Waals surface area contributed by atoms with E-state index in [-0.39, 0.29) is 25.5 Å². The van der Waals surface area contributed by atoms with E-state index in [1.807, 2.05) is 67.1 Å². The number of rotatable bonds is 8. The molecule has 62 heavy (non-hydrogen) atoms. The van der Waals surface area contributed by atoms with Crippen molar-refractivity contribution in [1.82, 2.24) is 19.1 Å². The molecule has 1 atom stereocenters. The Morgan fingerprint density at radius 1 is 0.742 bits per heavy atom. The number of benzene rings is 4. The topological polar surface area (TPSA) is 147 Å². The van der Waals surface area contributed by atoms with Crippen molar-refractivity contribution in [3.63, 3.8) is 0 Å². The number of aliphatic hydroxyl groups is 2. The Hall–Kier alpha value is -6.46. The maximum atomic E-state index is 12.1. The molecule has 11 nitrogen and oxygen atoms in total. The van der Waals surface area contributed by atoms with Gasteiger partial charge in [0.2, 0.25) is 5.60 Å². The summed E-state index contributed by atoms with van der Waals surface area (Å²) in [5.41, 5.74) is 15.5. The number of ether oxygens (including phenoxy) is 1. The quantitative estimate of drug-likeness (QED) is 0.0835. The number of carbonyl (C=O) groups is 1. The smallest absolute Gasteiger partial charge is 0.344 e. The van der Waals surface area contributed by atoms with Gasteiger partial charge in [0.1, 0.15) is 21.8 Å². The fourth-order valence-corrected chi connectivity index (χ4v) is 8.01. The van der Waals surface area contributed by atoms with E-state index in [2.05, 4.69) is 119 Å². The normalized spacial score (nSPS) is 13.8. The Morgan fingerprint density at radius 2 is 1.27 bits per heavy atom.